The average Bonchev–Trinajstić information content (AvgIpc) is 3.10. The van der Waals surface area contributed by atoms with Crippen LogP contribution in [0.4, 0.5) is 0 Å². The maximum Gasteiger partial charge on any atom is 0.268 e. The summed E-state index contributed by atoms with van der Waals surface area (Å²) < 4.78 is 11.0. The van der Waals surface area contributed by atoms with Gasteiger partial charge in [-0.2, -0.15) is 4.98 Å². The third-order valence-corrected chi connectivity index (χ3v) is 4.08. The number of nitrogens with one attached hydrogen (secondary N) is 1. The fourth-order valence-electron chi connectivity index (χ4n) is 2.29. The quantitative estimate of drug-likeness (QED) is 0.894. The van der Waals surface area contributed by atoms with Crippen molar-refractivity contribution >= 4 is 11.3 Å². The van der Waals surface area contributed by atoms with E-state index in [0.717, 1.165) is 36.9 Å². The highest BCUT2D eigenvalue weighted by Crippen LogP contribution is 2.22. The van der Waals surface area contributed by atoms with Crippen molar-refractivity contribution in [2.45, 2.75) is 12.6 Å². The average molecular weight is 294 g/mol. The minimum Gasteiger partial charge on any atom is -0.374 e. The van der Waals surface area contributed by atoms with Crippen LogP contribution in [-0.4, -0.2) is 54.4 Å². The lowest BCUT2D eigenvalue weighted by molar-refractivity contribution is -0.0300. The summed E-state index contributed by atoms with van der Waals surface area (Å²) in [6, 6.07) is 3.97. The molecule has 0 radical (unpaired) electrons. The molecular formula is C13H18N4O2S. The Hall–Kier alpha value is -1.28. The van der Waals surface area contributed by atoms with Crippen molar-refractivity contribution < 1.29 is 9.26 Å². The van der Waals surface area contributed by atoms with Crippen molar-refractivity contribution in [3.63, 3.8) is 0 Å². The fraction of sp³-hybridized carbons (Fsp3) is 0.538. The molecule has 3 rings (SSSR count). The molecule has 3 heterocycles. The molecule has 20 heavy (non-hydrogen) atoms. The minimum atomic E-state index is 0.234. The van der Waals surface area contributed by atoms with Crippen molar-refractivity contribution in [2.75, 3.05) is 33.3 Å². The van der Waals surface area contributed by atoms with E-state index in [-0.39, 0.29) is 6.10 Å². The number of aromatic nitrogens is 2. The zero-order valence-electron chi connectivity index (χ0n) is 11.4. The number of hydrogen-bond donors (Lipinski definition) is 1. The van der Waals surface area contributed by atoms with Crippen LogP contribution >= 0.6 is 11.3 Å². The second-order valence-electron chi connectivity index (χ2n) is 4.78. The zero-order chi connectivity index (χ0) is 13.8. The van der Waals surface area contributed by atoms with Crippen molar-refractivity contribution in [3.8, 4) is 10.8 Å². The predicted octanol–water partition coefficient (Wildman–Crippen LogP) is 1.22. The summed E-state index contributed by atoms with van der Waals surface area (Å²) in [4.78, 5) is 7.77. The molecule has 1 unspecified atom stereocenters. The molecule has 1 saturated heterocycles. The van der Waals surface area contributed by atoms with Gasteiger partial charge in [-0.25, -0.2) is 0 Å². The first kappa shape index (κ1) is 13.7. The maximum atomic E-state index is 5.68. The highest BCUT2D eigenvalue weighted by molar-refractivity contribution is 7.13. The zero-order valence-corrected chi connectivity index (χ0v) is 12.2. The summed E-state index contributed by atoms with van der Waals surface area (Å²) in [6.45, 7) is 4.12. The topological polar surface area (TPSA) is 63.4 Å². The molecule has 6 nitrogen and oxygen atoms in total. The fourth-order valence-corrected chi connectivity index (χ4v) is 2.94. The molecule has 0 aromatic carbocycles. The minimum absolute atomic E-state index is 0.234. The first-order chi connectivity index (χ1) is 9.85. The summed E-state index contributed by atoms with van der Waals surface area (Å²) in [7, 11) is 1.94. The van der Waals surface area contributed by atoms with Crippen LogP contribution in [0.5, 0.6) is 0 Å². The molecule has 1 atom stereocenters. The number of nitrogens with zero attached hydrogens (tertiary/aromatic N) is 3. The van der Waals surface area contributed by atoms with E-state index in [0.29, 0.717) is 12.4 Å². The standard InChI is InChI=1S/C13H18N4O2S/c1-14-7-10-8-17(4-5-18-10)9-12-15-13(19-16-12)11-3-2-6-20-11/h2-3,6,10,14H,4-5,7-9H2,1H3. The molecule has 7 heteroatoms. The van der Waals surface area contributed by atoms with Gasteiger partial charge < -0.3 is 14.6 Å². The Morgan fingerprint density at radius 3 is 3.30 bits per heavy atom. The number of hydrogen-bond acceptors (Lipinski definition) is 7. The molecule has 2 aromatic rings. The lowest BCUT2D eigenvalue weighted by Crippen LogP contribution is -2.45. The first-order valence-electron chi connectivity index (χ1n) is 6.70. The molecule has 1 aliphatic rings. The van der Waals surface area contributed by atoms with Gasteiger partial charge in [0, 0.05) is 19.6 Å². The number of thiophene rings is 1. The Morgan fingerprint density at radius 2 is 2.50 bits per heavy atom. The van der Waals surface area contributed by atoms with E-state index in [1.165, 1.54) is 0 Å². The predicted molar refractivity (Wildman–Crippen MR) is 76.6 cm³/mol. The van der Waals surface area contributed by atoms with Crippen LogP contribution in [-0.2, 0) is 11.3 Å². The van der Waals surface area contributed by atoms with Gasteiger partial charge in [-0.3, -0.25) is 4.90 Å². The van der Waals surface area contributed by atoms with E-state index in [9.17, 15) is 0 Å². The van der Waals surface area contributed by atoms with Gasteiger partial charge in [0.05, 0.1) is 24.1 Å². The van der Waals surface area contributed by atoms with Gasteiger partial charge >= 0.3 is 0 Å². The van der Waals surface area contributed by atoms with Gasteiger partial charge in [0.25, 0.3) is 5.89 Å². The first-order valence-corrected chi connectivity index (χ1v) is 7.58. The maximum absolute atomic E-state index is 5.68. The Kier molecular flexibility index (Phi) is 4.41. The van der Waals surface area contributed by atoms with Crippen LogP contribution in [0.15, 0.2) is 22.0 Å². The smallest absolute Gasteiger partial charge is 0.268 e. The number of ether oxygens (including phenoxy) is 1. The second-order valence-corrected chi connectivity index (χ2v) is 5.73. The molecule has 0 aliphatic carbocycles. The van der Waals surface area contributed by atoms with Crippen LogP contribution in [0.25, 0.3) is 10.8 Å². The van der Waals surface area contributed by atoms with E-state index < -0.39 is 0 Å². The van der Waals surface area contributed by atoms with Gasteiger partial charge in [-0.1, -0.05) is 11.2 Å². The van der Waals surface area contributed by atoms with Crippen LogP contribution in [0.2, 0.25) is 0 Å². The van der Waals surface area contributed by atoms with E-state index in [1.54, 1.807) is 11.3 Å². The highest BCUT2D eigenvalue weighted by atomic mass is 32.1. The number of likely N-dealkylation sites (N-methyl/N-ethyl adjacent to an activating group) is 1. The molecule has 0 amide bonds. The Morgan fingerprint density at radius 1 is 1.55 bits per heavy atom. The van der Waals surface area contributed by atoms with Crippen molar-refractivity contribution in [1.29, 1.82) is 0 Å². The highest BCUT2D eigenvalue weighted by Gasteiger charge is 2.21. The van der Waals surface area contributed by atoms with E-state index >= 15 is 0 Å². The normalized spacial score (nSPS) is 20.4. The monoisotopic (exact) mass is 294 g/mol. The third-order valence-electron chi connectivity index (χ3n) is 3.22. The van der Waals surface area contributed by atoms with E-state index in [2.05, 4.69) is 20.4 Å². The Balaban J connectivity index is 1.60. The molecule has 0 bridgehead atoms. The van der Waals surface area contributed by atoms with Crippen LogP contribution < -0.4 is 5.32 Å². The third kappa shape index (κ3) is 3.24. The molecule has 2 aromatic heterocycles. The van der Waals surface area contributed by atoms with Crippen LogP contribution in [0, 0.1) is 0 Å². The van der Waals surface area contributed by atoms with E-state index in [1.807, 2.05) is 24.6 Å². The summed E-state index contributed by atoms with van der Waals surface area (Å²) in [5.74, 6) is 1.34. The van der Waals surface area contributed by atoms with Gasteiger partial charge in [-0.05, 0) is 18.5 Å². The SMILES string of the molecule is CNCC1CN(Cc2noc(-c3cccs3)n2)CCO1. The molecule has 108 valence electrons. The molecule has 0 spiro atoms. The Bertz CT molecular complexity index is 526. The molecule has 1 fully saturated rings. The van der Waals surface area contributed by atoms with Gasteiger partial charge in [-0.15, -0.1) is 11.3 Å². The summed E-state index contributed by atoms with van der Waals surface area (Å²) >= 11 is 1.60. The summed E-state index contributed by atoms with van der Waals surface area (Å²) in [5, 5.41) is 9.21. The molecule has 0 saturated carbocycles. The number of rotatable bonds is 5. The summed E-state index contributed by atoms with van der Waals surface area (Å²) in [5.41, 5.74) is 0. The van der Waals surface area contributed by atoms with Crippen LogP contribution in [0.3, 0.4) is 0 Å². The largest absolute Gasteiger partial charge is 0.374 e. The molecular weight excluding hydrogens is 276 g/mol. The molecule has 1 aliphatic heterocycles. The van der Waals surface area contributed by atoms with Crippen molar-refractivity contribution in [1.82, 2.24) is 20.4 Å². The van der Waals surface area contributed by atoms with Crippen LogP contribution in [0.1, 0.15) is 5.82 Å². The molecule has 1 N–H and O–H groups in total. The number of morpholine rings is 1. The second kappa shape index (κ2) is 6.45. The van der Waals surface area contributed by atoms with Gasteiger partial charge in [0.1, 0.15) is 0 Å². The van der Waals surface area contributed by atoms with Gasteiger partial charge in [0.2, 0.25) is 0 Å². The lowest BCUT2D eigenvalue weighted by atomic mass is 10.2. The lowest BCUT2D eigenvalue weighted by Gasteiger charge is -2.31. The van der Waals surface area contributed by atoms with E-state index in [4.69, 9.17) is 9.26 Å². The Labute approximate surface area is 121 Å². The van der Waals surface area contributed by atoms with Gasteiger partial charge in [0.15, 0.2) is 5.82 Å². The summed E-state index contributed by atoms with van der Waals surface area (Å²) in [6.07, 6.45) is 0.234. The van der Waals surface area contributed by atoms with Crippen molar-refractivity contribution in [2.24, 2.45) is 0 Å². The van der Waals surface area contributed by atoms with Crippen molar-refractivity contribution in [3.05, 3.63) is 23.3 Å².